The van der Waals surface area contributed by atoms with Gasteiger partial charge >= 0.3 is 17.9 Å². The molecule has 0 spiro atoms. The van der Waals surface area contributed by atoms with Gasteiger partial charge in [-0.2, -0.15) is 0 Å². The Hall–Kier alpha value is -3.42. The maximum absolute atomic E-state index is 12.7. The molecule has 0 bridgehead atoms. The van der Waals surface area contributed by atoms with E-state index in [9.17, 15) is 29.4 Å². The van der Waals surface area contributed by atoms with Crippen molar-refractivity contribution in [3.63, 3.8) is 0 Å². The second-order valence-electron chi connectivity index (χ2n) is 6.19. The van der Waals surface area contributed by atoms with Crippen LogP contribution in [0.4, 0.5) is 0 Å². The van der Waals surface area contributed by atoms with E-state index >= 15 is 0 Å². The molecular weight excluding hydrogens is 342 g/mol. The molecule has 2 atom stereocenters. The molecule has 8 nitrogen and oxygen atoms in total. The average Bonchev–Trinajstić information content (AvgIpc) is 2.94. The van der Waals surface area contributed by atoms with Crippen molar-refractivity contribution in [1.82, 2.24) is 5.32 Å². The largest absolute Gasteiger partial charge is 0.481 e. The van der Waals surface area contributed by atoms with Crippen LogP contribution in [0.1, 0.15) is 33.2 Å². The van der Waals surface area contributed by atoms with Gasteiger partial charge in [0.05, 0.1) is 16.7 Å². The van der Waals surface area contributed by atoms with Crippen LogP contribution in [0.5, 0.6) is 0 Å². The van der Waals surface area contributed by atoms with Crippen LogP contribution in [-0.2, 0) is 20.9 Å². The zero-order chi connectivity index (χ0) is 19.1. The summed E-state index contributed by atoms with van der Waals surface area (Å²) in [6.07, 6.45) is 3.93. The minimum absolute atomic E-state index is 0.0489. The van der Waals surface area contributed by atoms with Crippen LogP contribution in [0.25, 0.3) is 0 Å². The molecule has 0 fully saturated rings. The highest BCUT2D eigenvalue weighted by Gasteiger charge is 2.46. The number of hydrogen-bond acceptors (Lipinski definition) is 5. The van der Waals surface area contributed by atoms with Gasteiger partial charge in [-0.25, -0.2) is 9.59 Å². The summed E-state index contributed by atoms with van der Waals surface area (Å²) in [5, 5.41) is 21.4. The number of rotatable bonds is 4. The first-order valence-corrected chi connectivity index (χ1v) is 7.71. The predicted molar refractivity (Wildman–Crippen MR) is 87.4 cm³/mol. The zero-order valence-corrected chi connectivity index (χ0v) is 13.7. The van der Waals surface area contributed by atoms with Crippen LogP contribution in [0, 0.1) is 5.92 Å². The fourth-order valence-electron chi connectivity index (χ4n) is 3.15. The van der Waals surface area contributed by atoms with Gasteiger partial charge < -0.3 is 20.3 Å². The van der Waals surface area contributed by atoms with Gasteiger partial charge in [-0.1, -0.05) is 12.2 Å². The van der Waals surface area contributed by atoms with E-state index in [1.54, 1.807) is 0 Å². The van der Waals surface area contributed by atoms with Crippen molar-refractivity contribution in [3.8, 4) is 0 Å². The van der Waals surface area contributed by atoms with Crippen molar-refractivity contribution >= 4 is 23.8 Å². The number of carboxylic acid groups (broad SMARTS) is 2. The number of cyclic esters (lactones) is 1. The minimum Gasteiger partial charge on any atom is -0.481 e. The highest BCUT2D eigenvalue weighted by Crippen LogP contribution is 2.32. The van der Waals surface area contributed by atoms with Gasteiger partial charge in [0.2, 0.25) is 0 Å². The number of nitrogens with one attached hydrogen (secondary N) is 1. The molecule has 1 amide bonds. The summed E-state index contributed by atoms with van der Waals surface area (Å²) in [4.78, 5) is 47.3. The lowest BCUT2D eigenvalue weighted by molar-refractivity contribution is -0.142. The van der Waals surface area contributed by atoms with Gasteiger partial charge in [0.25, 0.3) is 5.91 Å². The molecule has 26 heavy (non-hydrogen) atoms. The lowest BCUT2D eigenvalue weighted by Crippen LogP contribution is -2.57. The molecule has 1 aliphatic carbocycles. The number of aliphatic carboxylic acids is 2. The third-order valence-electron chi connectivity index (χ3n) is 4.56. The molecule has 8 heteroatoms. The zero-order valence-electron chi connectivity index (χ0n) is 13.7. The Bertz CT molecular complexity index is 899. The van der Waals surface area contributed by atoms with Gasteiger partial charge in [0, 0.05) is 11.1 Å². The monoisotopic (exact) mass is 357 g/mol. The van der Waals surface area contributed by atoms with Crippen molar-refractivity contribution in [1.29, 1.82) is 0 Å². The Morgan fingerprint density at radius 3 is 2.65 bits per heavy atom. The van der Waals surface area contributed by atoms with E-state index in [0.29, 0.717) is 11.1 Å². The van der Waals surface area contributed by atoms with Gasteiger partial charge in [0.15, 0.2) is 0 Å². The van der Waals surface area contributed by atoms with Crippen LogP contribution >= 0.6 is 0 Å². The molecular formula is C18H15NO7. The summed E-state index contributed by atoms with van der Waals surface area (Å²) in [6, 6.07) is 4.32. The van der Waals surface area contributed by atoms with Crippen molar-refractivity contribution < 1.29 is 34.1 Å². The molecule has 3 N–H and O–H groups in total. The number of fused-ring (bicyclic) bond motifs is 1. The van der Waals surface area contributed by atoms with Gasteiger partial charge in [-0.15, -0.1) is 0 Å². The molecule has 2 unspecified atom stereocenters. The van der Waals surface area contributed by atoms with Crippen LogP contribution in [0.15, 0.2) is 42.0 Å². The highest BCUT2D eigenvalue weighted by atomic mass is 16.5. The number of esters is 1. The number of benzene rings is 1. The van der Waals surface area contributed by atoms with E-state index in [1.165, 1.54) is 43.4 Å². The summed E-state index contributed by atoms with van der Waals surface area (Å²) in [7, 11) is 0. The number of amides is 1. The molecule has 0 radical (unpaired) electrons. The van der Waals surface area contributed by atoms with Crippen LogP contribution in [0.3, 0.4) is 0 Å². The SMILES string of the molecule is CC1(NC(=O)c2ccc3c(c2)COC3=O)C(C(=O)O)=CC=CC1C(=O)O. The molecule has 1 aromatic rings. The molecule has 1 aromatic carbocycles. The van der Waals surface area contributed by atoms with Gasteiger partial charge in [0.1, 0.15) is 12.5 Å². The van der Waals surface area contributed by atoms with Crippen molar-refractivity contribution in [2.24, 2.45) is 5.92 Å². The Labute approximate surface area is 147 Å². The average molecular weight is 357 g/mol. The first kappa shape index (κ1) is 17.4. The fraction of sp³-hybridized carbons (Fsp3) is 0.222. The summed E-state index contributed by atoms with van der Waals surface area (Å²) in [5.41, 5.74) is -0.801. The van der Waals surface area contributed by atoms with Crippen LogP contribution < -0.4 is 5.32 Å². The number of carbonyl (C=O) groups is 4. The Morgan fingerprint density at radius 2 is 2.00 bits per heavy atom. The van der Waals surface area contributed by atoms with Crippen molar-refractivity contribution in [3.05, 3.63) is 58.7 Å². The maximum Gasteiger partial charge on any atom is 0.338 e. The number of allylic oxidation sites excluding steroid dienone is 2. The van der Waals surface area contributed by atoms with Crippen molar-refractivity contribution in [2.75, 3.05) is 0 Å². The van der Waals surface area contributed by atoms with E-state index in [4.69, 9.17) is 4.74 Å². The summed E-state index contributed by atoms with van der Waals surface area (Å²) < 4.78 is 4.88. The molecule has 0 saturated heterocycles. The quantitative estimate of drug-likeness (QED) is 0.689. The third-order valence-corrected chi connectivity index (χ3v) is 4.56. The first-order chi connectivity index (χ1) is 12.2. The number of ether oxygens (including phenoxy) is 1. The number of carbonyl (C=O) groups excluding carboxylic acids is 2. The Balaban J connectivity index is 1.94. The molecule has 2 aliphatic rings. The predicted octanol–water partition coefficient (Wildman–Crippen LogP) is 1.13. The minimum atomic E-state index is -1.64. The molecule has 134 valence electrons. The second kappa shape index (κ2) is 6.14. The van der Waals surface area contributed by atoms with Crippen LogP contribution in [0.2, 0.25) is 0 Å². The van der Waals surface area contributed by atoms with E-state index in [1.807, 2.05) is 0 Å². The summed E-state index contributed by atoms with van der Waals surface area (Å²) >= 11 is 0. The van der Waals surface area contributed by atoms with Gasteiger partial charge in [-0.3, -0.25) is 9.59 Å². The molecule has 1 heterocycles. The Morgan fingerprint density at radius 1 is 1.27 bits per heavy atom. The van der Waals surface area contributed by atoms with E-state index < -0.39 is 35.3 Å². The lowest BCUT2D eigenvalue weighted by atomic mass is 9.75. The Kier molecular flexibility index (Phi) is 4.11. The normalized spacial score (nSPS) is 23.7. The molecule has 0 aromatic heterocycles. The molecule has 0 saturated carbocycles. The summed E-state index contributed by atoms with van der Waals surface area (Å²) in [6.45, 7) is 1.40. The third kappa shape index (κ3) is 2.75. The number of hydrogen-bond donors (Lipinski definition) is 3. The first-order valence-electron chi connectivity index (χ1n) is 7.71. The fourth-order valence-corrected chi connectivity index (χ4v) is 3.15. The topological polar surface area (TPSA) is 130 Å². The van der Waals surface area contributed by atoms with Crippen molar-refractivity contribution in [2.45, 2.75) is 19.1 Å². The van der Waals surface area contributed by atoms with E-state index in [0.717, 1.165) is 0 Å². The highest BCUT2D eigenvalue weighted by molar-refractivity contribution is 6.01. The summed E-state index contributed by atoms with van der Waals surface area (Å²) in [5.74, 6) is -4.95. The maximum atomic E-state index is 12.7. The number of carboxylic acids is 2. The van der Waals surface area contributed by atoms with E-state index in [2.05, 4.69) is 5.32 Å². The lowest BCUT2D eigenvalue weighted by Gasteiger charge is -2.37. The van der Waals surface area contributed by atoms with Crippen LogP contribution in [-0.4, -0.2) is 39.6 Å². The smallest absolute Gasteiger partial charge is 0.338 e. The second-order valence-corrected chi connectivity index (χ2v) is 6.19. The van der Waals surface area contributed by atoms with Gasteiger partial charge in [-0.05, 0) is 31.2 Å². The standard InChI is InChI=1S/C18H15NO7/c1-18(12(15(21)22)3-2-4-13(18)16(23)24)19-14(20)9-5-6-11-10(7-9)8-26-17(11)25/h2-7,12H,8H2,1H3,(H,19,20)(H,21,22)(H,23,24). The molecule has 3 rings (SSSR count). The van der Waals surface area contributed by atoms with E-state index in [-0.39, 0.29) is 17.7 Å². The molecule has 1 aliphatic heterocycles.